The van der Waals surface area contributed by atoms with Gasteiger partial charge in [0.25, 0.3) is 0 Å². The van der Waals surface area contributed by atoms with Crippen LogP contribution in [0.4, 0.5) is 0 Å². The Hall–Kier alpha value is -2.67. The molecule has 23 heavy (non-hydrogen) atoms. The van der Waals surface area contributed by atoms with Gasteiger partial charge in [-0.2, -0.15) is 0 Å². The number of morpholine rings is 1. The molecule has 7 nitrogen and oxygen atoms in total. The summed E-state index contributed by atoms with van der Waals surface area (Å²) < 4.78 is 6.92. The van der Waals surface area contributed by atoms with Crippen LogP contribution in [0.25, 0.3) is 11.4 Å². The van der Waals surface area contributed by atoms with Gasteiger partial charge in [0.15, 0.2) is 0 Å². The fourth-order valence-electron chi connectivity index (χ4n) is 2.48. The van der Waals surface area contributed by atoms with Crippen molar-refractivity contribution in [3.63, 3.8) is 0 Å². The molecule has 1 aromatic carbocycles. The van der Waals surface area contributed by atoms with Gasteiger partial charge in [0, 0.05) is 18.8 Å². The molecule has 0 atom stereocenters. The van der Waals surface area contributed by atoms with E-state index < -0.39 is 5.97 Å². The highest BCUT2D eigenvalue weighted by molar-refractivity contribution is 5.69. The second-order valence-corrected chi connectivity index (χ2v) is 5.32. The van der Waals surface area contributed by atoms with E-state index >= 15 is 0 Å². The van der Waals surface area contributed by atoms with E-state index in [0.717, 1.165) is 43.3 Å². The van der Waals surface area contributed by atoms with E-state index in [1.54, 1.807) is 10.9 Å². The lowest BCUT2D eigenvalue weighted by molar-refractivity contribution is -0.136. The molecule has 1 N–H and O–H groups in total. The maximum Gasteiger partial charge on any atom is 0.309 e. The summed E-state index contributed by atoms with van der Waals surface area (Å²) in [6.07, 6.45) is 1.49. The van der Waals surface area contributed by atoms with Crippen LogP contribution in [0.5, 0.6) is 0 Å². The average Bonchev–Trinajstić information content (AvgIpc) is 3.03. The summed E-state index contributed by atoms with van der Waals surface area (Å²) >= 11 is 0. The van der Waals surface area contributed by atoms with Crippen LogP contribution in [0.3, 0.4) is 0 Å². The Balaban J connectivity index is 1.72. The quantitative estimate of drug-likeness (QED) is 0.893. The second-order valence-electron chi connectivity index (χ2n) is 5.32. The minimum Gasteiger partial charge on any atom is -0.481 e. The minimum absolute atomic E-state index is 0.133. The van der Waals surface area contributed by atoms with E-state index in [0.29, 0.717) is 5.69 Å². The molecular weight excluding hydrogens is 296 g/mol. The van der Waals surface area contributed by atoms with Gasteiger partial charge in [-0.3, -0.25) is 4.79 Å². The fraction of sp³-hybridized carbons (Fsp3) is 0.312. The van der Waals surface area contributed by atoms with Gasteiger partial charge in [0.1, 0.15) is 0 Å². The van der Waals surface area contributed by atoms with Crippen molar-refractivity contribution in [2.24, 2.45) is 0 Å². The van der Waals surface area contributed by atoms with Crippen LogP contribution >= 0.6 is 0 Å². The fourth-order valence-corrected chi connectivity index (χ4v) is 2.48. The number of carboxylic acids is 1. The normalized spacial score (nSPS) is 14.7. The molecule has 0 radical (unpaired) electrons. The minimum atomic E-state index is -0.922. The van der Waals surface area contributed by atoms with Crippen LogP contribution in [-0.2, 0) is 16.0 Å². The van der Waals surface area contributed by atoms with Crippen molar-refractivity contribution in [3.8, 4) is 5.69 Å². The molecule has 2 aromatic rings. The van der Waals surface area contributed by atoms with Gasteiger partial charge in [-0.15, -0.1) is 5.10 Å². The molecule has 0 amide bonds. The number of benzene rings is 1. The first-order valence-corrected chi connectivity index (χ1v) is 7.39. The number of hydrogen-bond acceptors (Lipinski definition) is 5. The highest BCUT2D eigenvalue weighted by Gasteiger charge is 2.13. The largest absolute Gasteiger partial charge is 0.481 e. The molecule has 1 fully saturated rings. The van der Waals surface area contributed by atoms with Crippen LogP contribution < -0.4 is 0 Å². The summed E-state index contributed by atoms with van der Waals surface area (Å²) in [5.41, 5.74) is 3.28. The Bertz CT molecular complexity index is 702. The number of hydrogen-bond donors (Lipinski definition) is 1. The van der Waals surface area contributed by atoms with Crippen molar-refractivity contribution < 1.29 is 14.6 Å². The molecular formula is C16H18N4O3. The van der Waals surface area contributed by atoms with E-state index in [2.05, 4.69) is 21.8 Å². The molecule has 0 saturated carbocycles. The van der Waals surface area contributed by atoms with E-state index in [-0.39, 0.29) is 6.42 Å². The number of ether oxygens (including phenoxy) is 1. The summed E-state index contributed by atoms with van der Waals surface area (Å²) in [4.78, 5) is 12.9. The molecule has 0 aliphatic carbocycles. The molecule has 3 rings (SSSR count). The Morgan fingerprint density at radius 2 is 1.96 bits per heavy atom. The Morgan fingerprint density at radius 1 is 1.26 bits per heavy atom. The zero-order valence-electron chi connectivity index (χ0n) is 12.7. The molecule has 1 saturated heterocycles. The SMILES string of the molecule is C=C(c1ccc(-n2cc(CC(=O)O)nn2)cc1)N1CCOCC1. The number of aromatic nitrogens is 3. The molecule has 0 bridgehead atoms. The van der Waals surface area contributed by atoms with Crippen molar-refractivity contribution in [2.75, 3.05) is 26.3 Å². The molecule has 1 aliphatic rings. The van der Waals surface area contributed by atoms with Gasteiger partial charge < -0.3 is 14.7 Å². The maximum absolute atomic E-state index is 10.7. The predicted octanol–water partition coefficient (Wildman–Crippen LogP) is 1.20. The summed E-state index contributed by atoms with van der Waals surface area (Å²) in [6.45, 7) is 7.31. The van der Waals surface area contributed by atoms with E-state index in [9.17, 15) is 4.79 Å². The molecule has 2 heterocycles. The zero-order valence-corrected chi connectivity index (χ0v) is 12.7. The number of carboxylic acid groups (broad SMARTS) is 1. The van der Waals surface area contributed by atoms with Crippen LogP contribution in [0.1, 0.15) is 11.3 Å². The summed E-state index contributed by atoms with van der Waals surface area (Å²) in [7, 11) is 0. The Morgan fingerprint density at radius 3 is 2.61 bits per heavy atom. The third kappa shape index (κ3) is 3.57. The summed E-state index contributed by atoms with van der Waals surface area (Å²) in [6, 6.07) is 7.79. The van der Waals surface area contributed by atoms with Crippen molar-refractivity contribution >= 4 is 11.7 Å². The van der Waals surface area contributed by atoms with Gasteiger partial charge in [0.05, 0.1) is 37.2 Å². The number of nitrogens with zero attached hydrogens (tertiary/aromatic N) is 4. The number of aliphatic carboxylic acids is 1. The molecule has 0 spiro atoms. The van der Waals surface area contributed by atoms with Gasteiger partial charge in [-0.05, 0) is 17.7 Å². The Kier molecular flexibility index (Phi) is 4.38. The molecule has 1 aromatic heterocycles. The lowest BCUT2D eigenvalue weighted by atomic mass is 10.1. The molecule has 7 heteroatoms. The topological polar surface area (TPSA) is 80.5 Å². The van der Waals surface area contributed by atoms with E-state index in [1.807, 2.05) is 24.3 Å². The van der Waals surface area contributed by atoms with Crippen molar-refractivity contribution in [1.29, 1.82) is 0 Å². The highest BCUT2D eigenvalue weighted by atomic mass is 16.5. The van der Waals surface area contributed by atoms with Gasteiger partial charge in [-0.1, -0.05) is 23.9 Å². The first-order chi connectivity index (χ1) is 11.1. The number of rotatable bonds is 5. The first kappa shape index (κ1) is 15.2. The monoisotopic (exact) mass is 314 g/mol. The molecule has 1 aliphatic heterocycles. The van der Waals surface area contributed by atoms with Crippen molar-refractivity contribution in [3.05, 3.63) is 48.3 Å². The summed E-state index contributed by atoms with van der Waals surface area (Å²) in [5.74, 6) is -0.922. The lowest BCUT2D eigenvalue weighted by Crippen LogP contribution is -2.34. The average molecular weight is 314 g/mol. The van der Waals surface area contributed by atoms with Gasteiger partial charge in [-0.25, -0.2) is 4.68 Å². The third-order valence-electron chi connectivity index (χ3n) is 3.73. The van der Waals surface area contributed by atoms with E-state index in [1.165, 1.54) is 0 Å². The van der Waals surface area contributed by atoms with Crippen LogP contribution in [-0.4, -0.2) is 57.3 Å². The van der Waals surface area contributed by atoms with Crippen LogP contribution in [0, 0.1) is 0 Å². The van der Waals surface area contributed by atoms with Crippen molar-refractivity contribution in [1.82, 2.24) is 19.9 Å². The van der Waals surface area contributed by atoms with Gasteiger partial charge in [0.2, 0.25) is 0 Å². The Labute approximate surface area is 133 Å². The predicted molar refractivity (Wildman–Crippen MR) is 84.1 cm³/mol. The van der Waals surface area contributed by atoms with Crippen molar-refractivity contribution in [2.45, 2.75) is 6.42 Å². The third-order valence-corrected chi connectivity index (χ3v) is 3.73. The first-order valence-electron chi connectivity index (χ1n) is 7.39. The molecule has 0 unspecified atom stereocenters. The van der Waals surface area contributed by atoms with Crippen LogP contribution in [0.15, 0.2) is 37.0 Å². The number of carbonyl (C=O) groups is 1. The maximum atomic E-state index is 10.7. The lowest BCUT2D eigenvalue weighted by Gasteiger charge is -2.30. The van der Waals surface area contributed by atoms with E-state index in [4.69, 9.17) is 9.84 Å². The molecule has 120 valence electrons. The second kappa shape index (κ2) is 6.62. The highest BCUT2D eigenvalue weighted by Crippen LogP contribution is 2.20. The smallest absolute Gasteiger partial charge is 0.309 e. The standard InChI is InChI=1S/C16H18N4O3/c1-12(19-6-8-23-9-7-19)13-2-4-15(5-3-13)20-11-14(17-18-20)10-16(21)22/h2-5,11H,1,6-10H2,(H,21,22). The zero-order chi connectivity index (χ0) is 16.2. The summed E-state index contributed by atoms with van der Waals surface area (Å²) in [5, 5.41) is 16.6. The van der Waals surface area contributed by atoms with Gasteiger partial charge >= 0.3 is 5.97 Å². The van der Waals surface area contributed by atoms with Crippen LogP contribution in [0.2, 0.25) is 0 Å².